The van der Waals surface area contributed by atoms with Crippen molar-refractivity contribution in [3.63, 3.8) is 0 Å². The second kappa shape index (κ2) is 11.2. The van der Waals surface area contributed by atoms with Crippen molar-refractivity contribution in [2.24, 2.45) is 5.73 Å². The smallest absolute Gasteiger partial charge is 0.320 e. The summed E-state index contributed by atoms with van der Waals surface area (Å²) in [6.07, 6.45) is 5.82. The van der Waals surface area contributed by atoms with Crippen molar-refractivity contribution in [1.82, 2.24) is 10.3 Å². The molecule has 2 rings (SSSR count). The number of hydrogen-bond donors (Lipinski definition) is 4. The van der Waals surface area contributed by atoms with Crippen LogP contribution in [0.2, 0.25) is 0 Å². The largest absolute Gasteiger partial charge is 0.480 e. The van der Waals surface area contributed by atoms with E-state index in [-0.39, 0.29) is 6.10 Å². The van der Waals surface area contributed by atoms with Gasteiger partial charge in [-0.05, 0) is 70.2 Å². The Morgan fingerprint density at radius 2 is 2.22 bits per heavy atom. The molecule has 5 N–H and O–H groups in total. The van der Waals surface area contributed by atoms with Crippen LogP contribution in [0.4, 0.5) is 5.82 Å². The number of fused-ring (bicyclic) bond motifs is 1. The third-order valence-corrected chi connectivity index (χ3v) is 5.21. The van der Waals surface area contributed by atoms with Crippen LogP contribution >= 0.6 is 0 Å². The van der Waals surface area contributed by atoms with E-state index in [9.17, 15) is 4.79 Å². The average Bonchev–Trinajstić information content (AvgIpc) is 2.68. The van der Waals surface area contributed by atoms with E-state index in [1.54, 1.807) is 7.11 Å². The second-order valence-corrected chi connectivity index (χ2v) is 7.38. The Labute approximate surface area is 162 Å². The Balaban J connectivity index is 1.86. The number of nitrogens with two attached hydrogens (primary N) is 1. The molecule has 1 aliphatic rings. The summed E-state index contributed by atoms with van der Waals surface area (Å²) >= 11 is 0. The van der Waals surface area contributed by atoms with Crippen molar-refractivity contribution >= 4 is 11.8 Å². The molecule has 1 aliphatic heterocycles. The van der Waals surface area contributed by atoms with E-state index in [4.69, 9.17) is 20.6 Å². The summed E-state index contributed by atoms with van der Waals surface area (Å²) in [7, 11) is 1.75. The van der Waals surface area contributed by atoms with Crippen molar-refractivity contribution in [2.75, 3.05) is 32.1 Å². The topological polar surface area (TPSA) is 110 Å². The lowest BCUT2D eigenvalue weighted by Crippen LogP contribution is -2.33. The lowest BCUT2D eigenvalue weighted by atomic mass is 9.92. The molecule has 0 fully saturated rings. The predicted molar refractivity (Wildman–Crippen MR) is 107 cm³/mol. The molecule has 27 heavy (non-hydrogen) atoms. The van der Waals surface area contributed by atoms with Crippen LogP contribution in [0.3, 0.4) is 0 Å². The van der Waals surface area contributed by atoms with Crippen LogP contribution < -0.4 is 16.4 Å². The minimum atomic E-state index is -0.947. The van der Waals surface area contributed by atoms with Crippen LogP contribution in [0.15, 0.2) is 12.1 Å². The Bertz CT molecular complexity index is 597. The maximum Gasteiger partial charge on any atom is 0.320 e. The number of pyridine rings is 1. The number of aliphatic carboxylic acids is 1. The summed E-state index contributed by atoms with van der Waals surface area (Å²) in [4.78, 5) is 15.6. The second-order valence-electron chi connectivity index (χ2n) is 7.38. The molecule has 0 saturated carbocycles. The zero-order chi connectivity index (χ0) is 19.6. The lowest BCUT2D eigenvalue weighted by Gasteiger charge is -2.23. The maximum atomic E-state index is 10.7. The highest BCUT2D eigenvalue weighted by Gasteiger charge is 2.19. The van der Waals surface area contributed by atoms with E-state index >= 15 is 0 Å². The number of aromatic nitrogens is 1. The number of rotatable bonds is 12. The molecular weight excluding hydrogens is 344 g/mol. The molecule has 1 aromatic heterocycles. The highest BCUT2D eigenvalue weighted by molar-refractivity contribution is 5.72. The molecule has 2 heterocycles. The molecule has 0 saturated heterocycles. The molecule has 0 aromatic carbocycles. The summed E-state index contributed by atoms with van der Waals surface area (Å²) in [6.45, 7) is 4.54. The van der Waals surface area contributed by atoms with Gasteiger partial charge in [0.25, 0.3) is 0 Å². The Morgan fingerprint density at radius 3 is 2.96 bits per heavy atom. The summed E-state index contributed by atoms with van der Waals surface area (Å²) in [5.74, 6) is 0.434. The van der Waals surface area contributed by atoms with Gasteiger partial charge in [0.1, 0.15) is 11.9 Å². The standard InChI is InChI=1S/C20H34N4O3/c1-14(27-2)13-16(6-3-10-22-12-9-17(21)20(25)26)18-8-7-15-5-4-11-23-19(15)24-18/h7-8,14,16-17,22H,3-6,9-13,21H2,1-2H3,(H,23,24)(H,25,26). The summed E-state index contributed by atoms with van der Waals surface area (Å²) < 4.78 is 5.48. The molecule has 7 heteroatoms. The number of methoxy groups -OCH3 is 1. The first kappa shape index (κ1) is 21.6. The highest BCUT2D eigenvalue weighted by atomic mass is 16.5. The highest BCUT2D eigenvalue weighted by Crippen LogP contribution is 2.29. The number of ether oxygens (including phenoxy) is 1. The fourth-order valence-corrected chi connectivity index (χ4v) is 3.43. The van der Waals surface area contributed by atoms with Crippen molar-refractivity contribution in [3.05, 3.63) is 23.4 Å². The zero-order valence-electron chi connectivity index (χ0n) is 16.5. The Kier molecular flexibility index (Phi) is 8.97. The Morgan fingerprint density at radius 1 is 1.41 bits per heavy atom. The van der Waals surface area contributed by atoms with Gasteiger partial charge in [-0.1, -0.05) is 6.07 Å². The predicted octanol–water partition coefficient (Wildman–Crippen LogP) is 2.12. The molecule has 3 atom stereocenters. The number of nitrogens with zero attached hydrogens (tertiary/aromatic N) is 1. The lowest BCUT2D eigenvalue weighted by molar-refractivity contribution is -0.138. The van der Waals surface area contributed by atoms with E-state index in [2.05, 4.69) is 29.7 Å². The van der Waals surface area contributed by atoms with Gasteiger partial charge in [-0.2, -0.15) is 0 Å². The van der Waals surface area contributed by atoms with Crippen LogP contribution in [-0.4, -0.2) is 54.9 Å². The normalized spacial score (nSPS) is 16.9. The summed E-state index contributed by atoms with van der Waals surface area (Å²) in [5.41, 5.74) is 7.94. The van der Waals surface area contributed by atoms with Gasteiger partial charge in [-0.15, -0.1) is 0 Å². The summed E-state index contributed by atoms with van der Waals surface area (Å²) in [5, 5.41) is 15.5. The van der Waals surface area contributed by atoms with E-state index in [1.807, 2.05) is 0 Å². The van der Waals surface area contributed by atoms with Crippen LogP contribution in [0, 0.1) is 0 Å². The van der Waals surface area contributed by atoms with E-state index in [1.165, 1.54) is 5.56 Å². The zero-order valence-corrected chi connectivity index (χ0v) is 16.5. The molecule has 0 radical (unpaired) electrons. The van der Waals surface area contributed by atoms with E-state index in [0.29, 0.717) is 18.9 Å². The number of nitrogens with one attached hydrogen (secondary N) is 2. The molecule has 152 valence electrons. The van der Waals surface area contributed by atoms with Gasteiger partial charge in [0.05, 0.1) is 6.10 Å². The van der Waals surface area contributed by atoms with Crippen LogP contribution in [0.25, 0.3) is 0 Å². The van der Waals surface area contributed by atoms with E-state index in [0.717, 1.165) is 56.7 Å². The van der Waals surface area contributed by atoms with Crippen LogP contribution in [0.5, 0.6) is 0 Å². The van der Waals surface area contributed by atoms with Crippen molar-refractivity contribution < 1.29 is 14.6 Å². The van der Waals surface area contributed by atoms with Crippen LogP contribution in [-0.2, 0) is 16.0 Å². The summed E-state index contributed by atoms with van der Waals surface area (Å²) in [6, 6.07) is 3.58. The molecule has 1 aromatic rings. The van der Waals surface area contributed by atoms with Gasteiger partial charge in [0, 0.05) is 25.3 Å². The molecule has 0 amide bonds. The molecule has 7 nitrogen and oxygen atoms in total. The van der Waals surface area contributed by atoms with Crippen LogP contribution in [0.1, 0.15) is 56.2 Å². The van der Waals surface area contributed by atoms with Crippen molar-refractivity contribution in [3.8, 4) is 0 Å². The minimum Gasteiger partial charge on any atom is -0.480 e. The first-order valence-electron chi connectivity index (χ1n) is 9.96. The van der Waals surface area contributed by atoms with Gasteiger partial charge < -0.3 is 26.2 Å². The van der Waals surface area contributed by atoms with Gasteiger partial charge in [0.2, 0.25) is 0 Å². The van der Waals surface area contributed by atoms with Gasteiger partial charge in [-0.3, -0.25) is 4.79 Å². The molecule has 0 aliphatic carbocycles. The monoisotopic (exact) mass is 378 g/mol. The Hall–Kier alpha value is -1.70. The molecule has 0 spiro atoms. The quantitative estimate of drug-likeness (QED) is 0.412. The SMILES string of the molecule is COC(C)CC(CCCNCCC(N)C(=O)O)c1ccc2c(n1)NCCC2. The fourth-order valence-electron chi connectivity index (χ4n) is 3.43. The third-order valence-electron chi connectivity index (χ3n) is 5.21. The van der Waals surface area contributed by atoms with Gasteiger partial charge >= 0.3 is 5.97 Å². The van der Waals surface area contributed by atoms with Crippen molar-refractivity contribution in [1.29, 1.82) is 0 Å². The third kappa shape index (κ3) is 7.08. The number of carboxylic acids is 1. The number of carboxylic acid groups (broad SMARTS) is 1. The van der Waals surface area contributed by atoms with Gasteiger partial charge in [0.15, 0.2) is 0 Å². The maximum absolute atomic E-state index is 10.7. The first-order chi connectivity index (χ1) is 13.0. The van der Waals surface area contributed by atoms with E-state index < -0.39 is 12.0 Å². The van der Waals surface area contributed by atoms with Crippen molar-refractivity contribution in [2.45, 2.75) is 63.5 Å². The van der Waals surface area contributed by atoms with Gasteiger partial charge in [-0.25, -0.2) is 4.98 Å². The molecule has 0 bridgehead atoms. The number of hydrogen-bond acceptors (Lipinski definition) is 6. The number of aryl methyl sites for hydroxylation is 1. The fraction of sp³-hybridized carbons (Fsp3) is 0.700. The average molecular weight is 379 g/mol. The number of anilines is 1. The minimum absolute atomic E-state index is 0.183. The molecule has 3 unspecified atom stereocenters. The number of carbonyl (C=O) groups is 1. The first-order valence-corrected chi connectivity index (χ1v) is 9.96. The molecular formula is C20H34N4O3.